The van der Waals surface area contributed by atoms with E-state index in [-0.39, 0.29) is 12.1 Å². The molecule has 0 aromatic carbocycles. The quantitative estimate of drug-likeness (QED) is 0.163. The van der Waals surface area contributed by atoms with E-state index in [0.29, 0.717) is 6.42 Å². The largest absolute Gasteiger partial charge is 0.462 e. The minimum absolute atomic E-state index is 0.0320. The number of unbranched alkanes of at least 4 members (excludes halogenated alkanes) is 11. The molecular formula is C23H42O2. The van der Waals surface area contributed by atoms with Crippen molar-refractivity contribution in [1.82, 2.24) is 0 Å². The van der Waals surface area contributed by atoms with Crippen LogP contribution in [0.1, 0.15) is 122 Å². The molecule has 1 aliphatic carbocycles. The zero-order valence-corrected chi connectivity index (χ0v) is 16.8. The molecule has 0 aromatic heterocycles. The van der Waals surface area contributed by atoms with E-state index in [1.165, 1.54) is 89.9 Å². The summed E-state index contributed by atoms with van der Waals surface area (Å²) >= 11 is 0. The summed E-state index contributed by atoms with van der Waals surface area (Å²) < 4.78 is 5.48. The molecule has 1 aliphatic rings. The Morgan fingerprint density at radius 2 is 1.32 bits per heavy atom. The molecule has 2 heteroatoms. The van der Waals surface area contributed by atoms with E-state index >= 15 is 0 Å². The van der Waals surface area contributed by atoms with Gasteiger partial charge in [-0.05, 0) is 57.8 Å². The van der Waals surface area contributed by atoms with Gasteiger partial charge in [0.05, 0.1) is 0 Å². The van der Waals surface area contributed by atoms with Gasteiger partial charge in [0.25, 0.3) is 0 Å². The topological polar surface area (TPSA) is 26.3 Å². The number of esters is 1. The van der Waals surface area contributed by atoms with Crippen LogP contribution in [0, 0.1) is 0 Å². The van der Waals surface area contributed by atoms with E-state index in [1.54, 1.807) is 0 Å². The second-order valence-corrected chi connectivity index (χ2v) is 7.73. The van der Waals surface area contributed by atoms with Gasteiger partial charge in [0.2, 0.25) is 0 Å². The van der Waals surface area contributed by atoms with Crippen LogP contribution in [0.3, 0.4) is 0 Å². The van der Waals surface area contributed by atoms with Gasteiger partial charge in [-0.25, -0.2) is 0 Å². The van der Waals surface area contributed by atoms with Crippen LogP contribution in [0.2, 0.25) is 0 Å². The predicted molar refractivity (Wildman–Crippen MR) is 108 cm³/mol. The molecule has 2 nitrogen and oxygen atoms in total. The van der Waals surface area contributed by atoms with Crippen LogP contribution in [-0.4, -0.2) is 12.1 Å². The molecule has 0 aromatic rings. The standard InChI is InChI=1S/C23H42O2/c1-2-3-4-5-6-7-8-9-10-11-12-13-14-15-16-21-23(24)25-22-19-17-18-20-22/h9-10,22H,2-8,11-21H2,1H3/b10-9+. The molecule has 0 heterocycles. The van der Waals surface area contributed by atoms with Crippen LogP contribution < -0.4 is 0 Å². The van der Waals surface area contributed by atoms with Gasteiger partial charge in [-0.2, -0.15) is 0 Å². The molecule has 0 unspecified atom stereocenters. The van der Waals surface area contributed by atoms with E-state index in [1.807, 2.05) is 0 Å². The van der Waals surface area contributed by atoms with Crippen LogP contribution in [-0.2, 0) is 9.53 Å². The molecule has 0 spiro atoms. The molecule has 0 radical (unpaired) electrons. The number of rotatable bonds is 16. The van der Waals surface area contributed by atoms with E-state index in [0.717, 1.165) is 19.3 Å². The smallest absolute Gasteiger partial charge is 0.306 e. The van der Waals surface area contributed by atoms with E-state index in [2.05, 4.69) is 19.1 Å². The minimum Gasteiger partial charge on any atom is -0.462 e. The van der Waals surface area contributed by atoms with Crippen LogP contribution in [0.4, 0.5) is 0 Å². The number of hydrogen-bond acceptors (Lipinski definition) is 2. The molecule has 0 bridgehead atoms. The number of ether oxygens (including phenoxy) is 1. The summed E-state index contributed by atoms with van der Waals surface area (Å²) in [6, 6.07) is 0. The zero-order chi connectivity index (χ0) is 18.0. The second-order valence-electron chi connectivity index (χ2n) is 7.73. The number of carbonyl (C=O) groups is 1. The fourth-order valence-electron chi connectivity index (χ4n) is 3.59. The fourth-order valence-corrected chi connectivity index (χ4v) is 3.59. The molecule has 0 aliphatic heterocycles. The lowest BCUT2D eigenvalue weighted by molar-refractivity contribution is -0.148. The fraction of sp³-hybridized carbons (Fsp3) is 0.870. The lowest BCUT2D eigenvalue weighted by atomic mass is 10.1. The summed E-state index contributed by atoms with van der Waals surface area (Å²) in [6.07, 6.45) is 27.0. The van der Waals surface area contributed by atoms with Crippen molar-refractivity contribution >= 4 is 5.97 Å². The Bertz CT molecular complexity index is 329. The lowest BCUT2D eigenvalue weighted by Crippen LogP contribution is -2.14. The first-order valence-corrected chi connectivity index (χ1v) is 11.2. The normalized spacial score (nSPS) is 15.2. The molecular weight excluding hydrogens is 308 g/mol. The molecule has 0 amide bonds. The number of hydrogen-bond donors (Lipinski definition) is 0. The Kier molecular flexibility index (Phi) is 14.8. The van der Waals surface area contributed by atoms with Crippen molar-refractivity contribution in [2.75, 3.05) is 0 Å². The average Bonchev–Trinajstić information content (AvgIpc) is 3.11. The van der Waals surface area contributed by atoms with Crippen molar-refractivity contribution in [1.29, 1.82) is 0 Å². The highest BCUT2D eigenvalue weighted by atomic mass is 16.5. The monoisotopic (exact) mass is 350 g/mol. The molecule has 1 rings (SSSR count). The van der Waals surface area contributed by atoms with Crippen molar-refractivity contribution in [3.8, 4) is 0 Å². The van der Waals surface area contributed by atoms with Gasteiger partial charge in [-0.1, -0.05) is 70.4 Å². The Morgan fingerprint density at radius 1 is 0.800 bits per heavy atom. The van der Waals surface area contributed by atoms with Gasteiger partial charge in [0.1, 0.15) is 6.10 Å². The first-order chi connectivity index (χ1) is 12.3. The summed E-state index contributed by atoms with van der Waals surface area (Å²) in [5.74, 6) is 0.0320. The molecule has 1 fully saturated rings. The van der Waals surface area contributed by atoms with Crippen molar-refractivity contribution < 1.29 is 9.53 Å². The molecule has 146 valence electrons. The van der Waals surface area contributed by atoms with Crippen LogP contribution in [0.15, 0.2) is 12.2 Å². The van der Waals surface area contributed by atoms with Gasteiger partial charge in [0, 0.05) is 6.42 Å². The highest BCUT2D eigenvalue weighted by Gasteiger charge is 2.18. The lowest BCUT2D eigenvalue weighted by Gasteiger charge is -2.10. The number of allylic oxidation sites excluding steroid dienone is 2. The van der Waals surface area contributed by atoms with Crippen LogP contribution >= 0.6 is 0 Å². The van der Waals surface area contributed by atoms with Gasteiger partial charge >= 0.3 is 5.97 Å². The van der Waals surface area contributed by atoms with Gasteiger partial charge in [-0.3, -0.25) is 4.79 Å². The molecule has 25 heavy (non-hydrogen) atoms. The maximum atomic E-state index is 11.7. The maximum absolute atomic E-state index is 11.7. The molecule has 0 saturated heterocycles. The molecule has 1 saturated carbocycles. The minimum atomic E-state index is 0.0320. The number of carbonyl (C=O) groups excluding carboxylic acids is 1. The second kappa shape index (κ2) is 16.7. The third-order valence-electron chi connectivity index (χ3n) is 5.24. The summed E-state index contributed by atoms with van der Waals surface area (Å²) in [6.45, 7) is 2.27. The Morgan fingerprint density at radius 3 is 1.92 bits per heavy atom. The van der Waals surface area contributed by atoms with Crippen molar-refractivity contribution in [3.63, 3.8) is 0 Å². The Hall–Kier alpha value is -0.790. The van der Waals surface area contributed by atoms with Crippen molar-refractivity contribution in [2.24, 2.45) is 0 Å². The van der Waals surface area contributed by atoms with E-state index in [4.69, 9.17) is 4.74 Å². The van der Waals surface area contributed by atoms with Crippen LogP contribution in [0.25, 0.3) is 0 Å². The average molecular weight is 351 g/mol. The first kappa shape index (κ1) is 22.3. The SMILES string of the molecule is CCCCCCCC/C=C/CCCCCCCC(=O)OC1CCCC1. The Labute approximate surface area is 156 Å². The van der Waals surface area contributed by atoms with Gasteiger partial charge in [0.15, 0.2) is 0 Å². The molecule has 0 atom stereocenters. The van der Waals surface area contributed by atoms with Crippen molar-refractivity contribution in [3.05, 3.63) is 12.2 Å². The van der Waals surface area contributed by atoms with E-state index in [9.17, 15) is 4.79 Å². The maximum Gasteiger partial charge on any atom is 0.306 e. The summed E-state index contributed by atoms with van der Waals surface area (Å²) in [7, 11) is 0. The van der Waals surface area contributed by atoms with Gasteiger partial charge in [-0.15, -0.1) is 0 Å². The predicted octanol–water partition coefficient (Wildman–Crippen LogP) is 7.51. The zero-order valence-electron chi connectivity index (χ0n) is 16.8. The third kappa shape index (κ3) is 14.1. The van der Waals surface area contributed by atoms with Gasteiger partial charge < -0.3 is 4.74 Å². The van der Waals surface area contributed by atoms with Crippen molar-refractivity contribution in [2.45, 2.75) is 129 Å². The summed E-state index contributed by atoms with van der Waals surface area (Å²) in [5.41, 5.74) is 0. The first-order valence-electron chi connectivity index (χ1n) is 11.2. The van der Waals surface area contributed by atoms with E-state index < -0.39 is 0 Å². The van der Waals surface area contributed by atoms with Crippen LogP contribution in [0.5, 0.6) is 0 Å². The summed E-state index contributed by atoms with van der Waals surface area (Å²) in [4.78, 5) is 11.7. The third-order valence-corrected chi connectivity index (χ3v) is 5.24. The highest BCUT2D eigenvalue weighted by molar-refractivity contribution is 5.69. The molecule has 0 N–H and O–H groups in total. The highest BCUT2D eigenvalue weighted by Crippen LogP contribution is 2.21. The summed E-state index contributed by atoms with van der Waals surface area (Å²) in [5, 5.41) is 0. The Balaban J connectivity index is 1.76.